The van der Waals surface area contributed by atoms with Crippen LogP contribution in [-0.4, -0.2) is 13.1 Å². The first-order valence-electron chi connectivity index (χ1n) is 8.00. The Morgan fingerprint density at radius 2 is 1.42 bits per heavy atom. The van der Waals surface area contributed by atoms with E-state index in [4.69, 9.17) is 16.6 Å². The number of aromatic nitrogens is 1. The maximum absolute atomic E-state index is 12.8. The lowest BCUT2D eigenvalue weighted by Gasteiger charge is -2.15. The van der Waals surface area contributed by atoms with Crippen LogP contribution in [0.25, 0.3) is 21.8 Å². The predicted molar refractivity (Wildman–Crippen MR) is 106 cm³/mol. The number of hydrogen-bond acceptors (Lipinski definition) is 2. The molecule has 0 amide bonds. The third-order valence-electron chi connectivity index (χ3n) is 3.89. The highest BCUT2D eigenvalue weighted by atomic mass is 35.5. The van der Waals surface area contributed by atoms with Crippen LogP contribution in [0.1, 0.15) is 5.56 Å². The van der Waals surface area contributed by atoms with Crippen LogP contribution < -0.4 is 4.50 Å². The summed E-state index contributed by atoms with van der Waals surface area (Å²) in [5.74, 6) is 0. The van der Waals surface area contributed by atoms with Gasteiger partial charge in [0.05, 0.1) is 19.3 Å². The van der Waals surface area contributed by atoms with E-state index in [1.54, 1.807) is 11.3 Å². The minimum Gasteiger partial charge on any atom is -0.236 e. The Morgan fingerprint density at radius 3 is 1.92 bits per heavy atom. The summed E-state index contributed by atoms with van der Waals surface area (Å²) in [4.78, 5) is 4.77. The van der Waals surface area contributed by atoms with Crippen molar-refractivity contribution < 1.29 is 13.2 Å². The fourth-order valence-electron chi connectivity index (χ4n) is 2.56. The van der Waals surface area contributed by atoms with Crippen LogP contribution >= 0.6 is 22.9 Å². The van der Waals surface area contributed by atoms with Crippen LogP contribution in [0.15, 0.2) is 48.5 Å². The highest BCUT2D eigenvalue weighted by Gasteiger charge is 2.31. The number of hydrogen-bond donors (Lipinski definition) is 0. The van der Waals surface area contributed by atoms with Gasteiger partial charge in [-0.2, -0.15) is 13.2 Å². The van der Waals surface area contributed by atoms with Crippen LogP contribution in [0.2, 0.25) is 24.7 Å². The smallest absolute Gasteiger partial charge is 0.236 e. The molecule has 0 aliphatic heterocycles. The van der Waals surface area contributed by atoms with Crippen molar-refractivity contribution in [2.45, 2.75) is 25.8 Å². The van der Waals surface area contributed by atoms with E-state index in [0.29, 0.717) is 10.6 Å². The molecule has 1 heterocycles. The van der Waals surface area contributed by atoms with E-state index in [1.165, 1.54) is 16.6 Å². The van der Waals surface area contributed by atoms with Gasteiger partial charge in [0.15, 0.2) is 0 Å². The van der Waals surface area contributed by atoms with E-state index in [2.05, 4.69) is 19.6 Å². The summed E-state index contributed by atoms with van der Waals surface area (Å²) in [7, 11) is -1.73. The zero-order valence-electron chi connectivity index (χ0n) is 14.5. The Kier molecular flexibility index (Phi) is 5.03. The Hall–Kier alpha value is -1.63. The molecule has 0 unspecified atom stereocenters. The quantitative estimate of drug-likeness (QED) is 0.437. The number of benzene rings is 2. The molecule has 0 aliphatic rings. The van der Waals surface area contributed by atoms with Crippen molar-refractivity contribution in [2.75, 3.05) is 0 Å². The van der Waals surface area contributed by atoms with Gasteiger partial charge in [0.1, 0.15) is 5.01 Å². The van der Waals surface area contributed by atoms with Crippen LogP contribution in [-0.2, 0) is 6.18 Å². The van der Waals surface area contributed by atoms with Crippen LogP contribution in [0, 0.1) is 0 Å². The fraction of sp³-hybridized carbons (Fsp3) is 0.211. The van der Waals surface area contributed by atoms with E-state index in [1.807, 2.05) is 24.3 Å². The van der Waals surface area contributed by atoms with Gasteiger partial charge in [-0.1, -0.05) is 55.5 Å². The van der Waals surface area contributed by atoms with Gasteiger partial charge in [-0.3, -0.25) is 0 Å². The lowest BCUT2D eigenvalue weighted by atomic mass is 10.1. The third kappa shape index (κ3) is 4.03. The summed E-state index contributed by atoms with van der Waals surface area (Å²) in [6, 6.07) is 12.7. The maximum atomic E-state index is 12.8. The number of alkyl halides is 3. The molecule has 136 valence electrons. The molecule has 0 bridgehead atoms. The predicted octanol–water partition coefficient (Wildman–Crippen LogP) is 6.69. The zero-order chi connectivity index (χ0) is 19.1. The second-order valence-corrected chi connectivity index (χ2v) is 13.8. The number of halogens is 4. The Morgan fingerprint density at radius 1 is 0.885 bits per heavy atom. The van der Waals surface area contributed by atoms with Gasteiger partial charge < -0.3 is 0 Å². The standard InChI is InChI=1S/C19H17ClF3NSSi/c1-26(2,3)18-16(12-4-8-14(9-5-12)19(21,22)23)24-17(25-18)13-6-10-15(20)11-7-13/h4-11H,1-3H3. The molecule has 1 aromatic heterocycles. The molecule has 26 heavy (non-hydrogen) atoms. The molecule has 7 heteroatoms. The summed E-state index contributed by atoms with van der Waals surface area (Å²) >= 11 is 7.57. The van der Waals surface area contributed by atoms with Gasteiger partial charge in [-0.05, 0) is 24.3 Å². The van der Waals surface area contributed by atoms with Gasteiger partial charge >= 0.3 is 6.18 Å². The highest BCUT2D eigenvalue weighted by Crippen LogP contribution is 2.33. The van der Waals surface area contributed by atoms with Crippen molar-refractivity contribution in [3.05, 3.63) is 59.1 Å². The second-order valence-electron chi connectivity index (χ2n) is 7.03. The Labute approximate surface area is 160 Å². The Bertz CT molecular complexity index is 910. The first kappa shape index (κ1) is 19.1. The SMILES string of the molecule is C[Si](C)(C)c1sc(-c2ccc(Cl)cc2)nc1-c1ccc(C(F)(F)F)cc1. The highest BCUT2D eigenvalue weighted by molar-refractivity contribution is 7.29. The Balaban J connectivity index is 2.09. The van der Waals surface area contributed by atoms with E-state index < -0.39 is 19.8 Å². The molecule has 0 saturated heterocycles. The normalized spacial score (nSPS) is 12.4. The van der Waals surface area contributed by atoms with Crippen LogP contribution in [0.5, 0.6) is 0 Å². The fourth-order valence-corrected chi connectivity index (χ4v) is 5.95. The van der Waals surface area contributed by atoms with Crippen molar-refractivity contribution >= 4 is 35.5 Å². The first-order valence-corrected chi connectivity index (χ1v) is 12.7. The van der Waals surface area contributed by atoms with Crippen molar-refractivity contribution in [3.8, 4) is 21.8 Å². The molecule has 0 aliphatic carbocycles. The summed E-state index contributed by atoms with van der Waals surface area (Å²) in [5, 5.41) is 1.51. The average Bonchev–Trinajstić information content (AvgIpc) is 3.00. The average molecular weight is 412 g/mol. The molecule has 0 fully saturated rings. The molecule has 3 aromatic rings. The van der Waals surface area contributed by atoms with Crippen LogP contribution in [0.4, 0.5) is 13.2 Å². The van der Waals surface area contributed by atoms with Gasteiger partial charge in [0.2, 0.25) is 0 Å². The van der Waals surface area contributed by atoms with Gasteiger partial charge in [0, 0.05) is 20.6 Å². The molecule has 0 N–H and O–H groups in total. The van der Waals surface area contributed by atoms with Crippen LogP contribution in [0.3, 0.4) is 0 Å². The molecule has 0 atom stereocenters. The second kappa shape index (κ2) is 6.83. The third-order valence-corrected chi connectivity index (χ3v) is 8.80. The summed E-state index contributed by atoms with van der Waals surface area (Å²) in [6.45, 7) is 6.62. The number of thiazole rings is 1. The zero-order valence-corrected chi connectivity index (χ0v) is 17.1. The molecule has 0 saturated carbocycles. The van der Waals surface area contributed by atoms with Gasteiger partial charge in [0.25, 0.3) is 0 Å². The van der Waals surface area contributed by atoms with E-state index in [0.717, 1.165) is 28.4 Å². The van der Waals surface area contributed by atoms with E-state index in [9.17, 15) is 13.2 Å². The molecule has 0 radical (unpaired) electrons. The lowest BCUT2D eigenvalue weighted by Crippen LogP contribution is -2.36. The first-order chi connectivity index (χ1) is 12.1. The molecule has 2 aromatic carbocycles. The van der Waals surface area contributed by atoms with E-state index in [-0.39, 0.29) is 0 Å². The number of nitrogens with zero attached hydrogens (tertiary/aromatic N) is 1. The van der Waals surface area contributed by atoms with Crippen molar-refractivity contribution in [2.24, 2.45) is 0 Å². The van der Waals surface area contributed by atoms with Gasteiger partial charge in [-0.25, -0.2) is 4.98 Å². The van der Waals surface area contributed by atoms with Crippen molar-refractivity contribution in [3.63, 3.8) is 0 Å². The summed E-state index contributed by atoms with van der Waals surface area (Å²) < 4.78 is 39.7. The number of rotatable bonds is 3. The summed E-state index contributed by atoms with van der Waals surface area (Å²) in [5.41, 5.74) is 1.81. The maximum Gasteiger partial charge on any atom is 0.416 e. The molecular formula is C19H17ClF3NSSi. The molecule has 0 spiro atoms. The van der Waals surface area contributed by atoms with E-state index >= 15 is 0 Å². The molecule has 3 rings (SSSR count). The lowest BCUT2D eigenvalue weighted by molar-refractivity contribution is -0.137. The van der Waals surface area contributed by atoms with Crippen molar-refractivity contribution in [1.29, 1.82) is 0 Å². The van der Waals surface area contributed by atoms with Gasteiger partial charge in [-0.15, -0.1) is 11.3 Å². The molecule has 1 nitrogen and oxygen atoms in total. The summed E-state index contributed by atoms with van der Waals surface area (Å²) in [6.07, 6.45) is -4.34. The largest absolute Gasteiger partial charge is 0.416 e. The topological polar surface area (TPSA) is 12.9 Å². The molecular weight excluding hydrogens is 395 g/mol. The minimum absolute atomic E-state index is 0.649. The van der Waals surface area contributed by atoms with Crippen molar-refractivity contribution in [1.82, 2.24) is 4.98 Å². The monoisotopic (exact) mass is 411 g/mol. The minimum atomic E-state index is -4.34.